The SMILES string of the molecule is CC(C)(C)OC(=O)Nc1nc(C(=NOC2(C(=O)OC(c3ccccc3)c3ccccc3)CC2)C(=O)N[C@@H]2C(=O)N[C@H]2Cn2ncc(C=O)n2)cs1. The molecule has 1 saturated heterocycles. The van der Waals surface area contributed by atoms with Gasteiger partial charge in [-0.2, -0.15) is 15.0 Å². The van der Waals surface area contributed by atoms with E-state index in [1.54, 1.807) is 20.8 Å². The molecule has 6 rings (SSSR count). The number of carbonyl (C=O) groups is 5. The number of β-lactam (4-membered cyclic amide) rings is 1. The Bertz CT molecular complexity index is 1910. The number of nitrogens with one attached hydrogen (secondary N) is 3. The number of hydrogen-bond donors (Lipinski definition) is 3. The number of nitrogens with zero attached hydrogens (tertiary/aromatic N) is 5. The maximum atomic E-state index is 13.8. The number of oxime groups is 1. The van der Waals surface area contributed by atoms with Crippen molar-refractivity contribution in [3.8, 4) is 0 Å². The molecule has 0 radical (unpaired) electrons. The summed E-state index contributed by atoms with van der Waals surface area (Å²) in [6.45, 7) is 5.19. The summed E-state index contributed by atoms with van der Waals surface area (Å²) in [6, 6.07) is 16.9. The fourth-order valence-corrected chi connectivity index (χ4v) is 5.69. The molecule has 4 aromatic rings. The second-order valence-electron chi connectivity index (χ2n) is 12.8. The molecule has 17 heteroatoms. The molecule has 2 aliphatic rings. The molecule has 0 unspecified atom stereocenters. The summed E-state index contributed by atoms with van der Waals surface area (Å²) in [5, 5.41) is 21.5. The number of aromatic nitrogens is 4. The van der Waals surface area contributed by atoms with Crippen LogP contribution in [0.2, 0.25) is 0 Å². The van der Waals surface area contributed by atoms with Crippen LogP contribution in [0.1, 0.15) is 67.0 Å². The highest BCUT2D eigenvalue weighted by atomic mass is 32.1. The molecule has 3 heterocycles. The summed E-state index contributed by atoms with van der Waals surface area (Å²) in [7, 11) is 0. The molecule has 2 fully saturated rings. The van der Waals surface area contributed by atoms with E-state index in [0.29, 0.717) is 6.29 Å². The van der Waals surface area contributed by atoms with Gasteiger partial charge >= 0.3 is 12.1 Å². The van der Waals surface area contributed by atoms with Gasteiger partial charge in [0.2, 0.25) is 11.5 Å². The third kappa shape index (κ3) is 8.43. The van der Waals surface area contributed by atoms with Crippen molar-refractivity contribution >= 4 is 52.3 Å². The monoisotopic (exact) mass is 714 g/mol. The van der Waals surface area contributed by atoms with Crippen molar-refractivity contribution in [2.45, 2.75) is 69.5 Å². The van der Waals surface area contributed by atoms with Gasteiger partial charge in [-0.05, 0) is 31.9 Å². The Kier molecular flexibility index (Phi) is 9.90. The van der Waals surface area contributed by atoms with Crippen LogP contribution in [0.25, 0.3) is 0 Å². The topological polar surface area (TPSA) is 205 Å². The number of anilines is 1. The second kappa shape index (κ2) is 14.5. The lowest BCUT2D eigenvalue weighted by atomic mass is 9.98. The first kappa shape index (κ1) is 34.9. The number of rotatable bonds is 13. The minimum absolute atomic E-state index is 0.000164. The summed E-state index contributed by atoms with van der Waals surface area (Å²) < 4.78 is 11.3. The van der Waals surface area contributed by atoms with E-state index in [0.717, 1.165) is 22.5 Å². The molecule has 0 bridgehead atoms. The Labute approximate surface area is 295 Å². The van der Waals surface area contributed by atoms with Gasteiger partial charge in [0.15, 0.2) is 23.2 Å². The van der Waals surface area contributed by atoms with Gasteiger partial charge in [-0.3, -0.25) is 19.7 Å². The summed E-state index contributed by atoms with van der Waals surface area (Å²) in [5.74, 6) is -1.99. The first-order valence-electron chi connectivity index (χ1n) is 15.9. The van der Waals surface area contributed by atoms with E-state index in [1.165, 1.54) is 16.4 Å². The van der Waals surface area contributed by atoms with Gasteiger partial charge < -0.3 is 24.9 Å². The van der Waals surface area contributed by atoms with Crippen molar-refractivity contribution in [1.29, 1.82) is 0 Å². The lowest BCUT2D eigenvalue weighted by Gasteiger charge is -2.36. The molecule has 2 aromatic carbocycles. The molecule has 16 nitrogen and oxygen atoms in total. The Morgan fingerprint density at radius 2 is 1.76 bits per heavy atom. The number of ether oxygens (including phenoxy) is 2. The zero-order valence-corrected chi connectivity index (χ0v) is 28.6. The zero-order valence-electron chi connectivity index (χ0n) is 27.8. The summed E-state index contributed by atoms with van der Waals surface area (Å²) >= 11 is 0.996. The molecule has 3 N–H and O–H groups in total. The quantitative estimate of drug-likeness (QED) is 0.0603. The first-order chi connectivity index (χ1) is 24.4. The van der Waals surface area contributed by atoms with Crippen LogP contribution in [-0.2, 0) is 35.2 Å². The predicted octanol–water partition coefficient (Wildman–Crippen LogP) is 3.16. The van der Waals surface area contributed by atoms with Crippen LogP contribution in [-0.4, -0.2) is 79.1 Å². The number of esters is 1. The highest BCUT2D eigenvalue weighted by Crippen LogP contribution is 2.43. The molecule has 51 heavy (non-hydrogen) atoms. The van der Waals surface area contributed by atoms with E-state index in [9.17, 15) is 24.0 Å². The van der Waals surface area contributed by atoms with Crippen molar-refractivity contribution in [1.82, 2.24) is 30.6 Å². The molecule has 3 amide bonds. The molecule has 264 valence electrons. The summed E-state index contributed by atoms with van der Waals surface area (Å²) in [6.07, 6.45) is 0.873. The van der Waals surface area contributed by atoms with E-state index in [1.807, 2.05) is 60.7 Å². The highest BCUT2D eigenvalue weighted by Gasteiger charge is 2.56. The molecule has 0 spiro atoms. The Morgan fingerprint density at radius 3 is 2.33 bits per heavy atom. The Hall–Kier alpha value is -5.97. The van der Waals surface area contributed by atoms with Gasteiger partial charge in [0, 0.05) is 18.2 Å². The maximum Gasteiger partial charge on any atom is 0.413 e. The number of aldehydes is 1. The maximum absolute atomic E-state index is 13.8. The number of thiazole rings is 1. The van der Waals surface area contributed by atoms with Gasteiger partial charge in [0.05, 0.1) is 18.8 Å². The van der Waals surface area contributed by atoms with E-state index >= 15 is 0 Å². The number of benzene rings is 2. The fourth-order valence-electron chi connectivity index (χ4n) is 5.01. The van der Waals surface area contributed by atoms with Gasteiger partial charge in [0.1, 0.15) is 23.0 Å². The Morgan fingerprint density at radius 1 is 1.10 bits per heavy atom. The van der Waals surface area contributed by atoms with E-state index < -0.39 is 53.3 Å². The molecule has 1 saturated carbocycles. The summed E-state index contributed by atoms with van der Waals surface area (Å²) in [4.78, 5) is 74.7. The minimum atomic E-state index is -1.47. The average Bonchev–Trinajstić information content (AvgIpc) is 3.52. The van der Waals surface area contributed by atoms with Crippen LogP contribution >= 0.6 is 11.3 Å². The van der Waals surface area contributed by atoms with Crippen molar-refractivity contribution in [3.05, 3.63) is 94.8 Å². The van der Waals surface area contributed by atoms with Gasteiger partial charge in [0.25, 0.3) is 5.91 Å². The molecular weight excluding hydrogens is 680 g/mol. The smallest absolute Gasteiger partial charge is 0.413 e. The highest BCUT2D eigenvalue weighted by molar-refractivity contribution is 7.14. The van der Waals surface area contributed by atoms with E-state index in [-0.39, 0.29) is 41.6 Å². The molecule has 1 aliphatic heterocycles. The van der Waals surface area contributed by atoms with Gasteiger partial charge in [-0.25, -0.2) is 14.6 Å². The van der Waals surface area contributed by atoms with E-state index in [4.69, 9.17) is 14.3 Å². The number of hydrogen-bond acceptors (Lipinski definition) is 13. The normalized spacial score (nSPS) is 17.8. The lowest BCUT2D eigenvalue weighted by Crippen LogP contribution is -2.70. The van der Waals surface area contributed by atoms with Crippen molar-refractivity contribution in [2.75, 3.05) is 5.32 Å². The summed E-state index contributed by atoms with van der Waals surface area (Å²) in [5.41, 5.74) is -0.977. The lowest BCUT2D eigenvalue weighted by molar-refractivity contribution is -0.164. The van der Waals surface area contributed by atoms with Gasteiger partial charge in [-0.15, -0.1) is 11.3 Å². The molecule has 2 atom stereocenters. The fraction of sp³-hybridized carbons (Fsp3) is 0.324. The average molecular weight is 715 g/mol. The van der Waals surface area contributed by atoms with Crippen LogP contribution in [0.4, 0.5) is 9.93 Å². The first-order valence-corrected chi connectivity index (χ1v) is 16.8. The van der Waals surface area contributed by atoms with E-state index in [2.05, 4.69) is 36.3 Å². The molecule has 2 aromatic heterocycles. The standard InChI is InChI=1S/C34H34N8O8S/c1-33(2,3)49-32(47)39-31-37-24(19-51-31)26(29(45)38-25-23(36-28(25)44)17-42-35-16-22(18-43)40-42)41-50-34(14-15-34)30(46)48-27(20-10-6-4-7-11-20)21-12-8-5-9-13-21/h4-13,16,18-19,23,25,27H,14-15,17H2,1-3H3,(H,36,44)(H,38,45)(H,37,39,47)/t23-,25-/m0/s1. The van der Waals surface area contributed by atoms with Crippen LogP contribution in [0.5, 0.6) is 0 Å². The number of carbonyl (C=O) groups excluding carboxylic acids is 5. The predicted molar refractivity (Wildman–Crippen MR) is 182 cm³/mol. The van der Waals surface area contributed by atoms with Crippen molar-refractivity contribution < 1.29 is 38.3 Å². The third-order valence-corrected chi connectivity index (χ3v) is 8.48. The third-order valence-electron chi connectivity index (χ3n) is 7.72. The van der Waals surface area contributed by atoms with Crippen LogP contribution in [0.15, 0.2) is 77.4 Å². The number of amides is 3. The van der Waals surface area contributed by atoms with Crippen LogP contribution in [0, 0.1) is 0 Å². The minimum Gasteiger partial charge on any atom is -0.450 e. The van der Waals surface area contributed by atoms with Crippen LogP contribution < -0.4 is 16.0 Å². The zero-order chi connectivity index (χ0) is 36.2. The van der Waals surface area contributed by atoms with Crippen molar-refractivity contribution in [2.24, 2.45) is 5.16 Å². The Balaban J connectivity index is 1.23. The molecular formula is C34H34N8O8S. The second-order valence-corrected chi connectivity index (χ2v) is 13.7. The van der Waals surface area contributed by atoms with Crippen LogP contribution in [0.3, 0.4) is 0 Å². The molecule has 1 aliphatic carbocycles. The van der Waals surface area contributed by atoms with Gasteiger partial charge in [-0.1, -0.05) is 65.8 Å². The largest absolute Gasteiger partial charge is 0.450 e. The van der Waals surface area contributed by atoms with Crippen molar-refractivity contribution in [3.63, 3.8) is 0 Å².